The summed E-state index contributed by atoms with van der Waals surface area (Å²) < 4.78 is 41.0. The molecule has 5 heteroatoms. The Kier molecular flexibility index (Phi) is 4.15. The first kappa shape index (κ1) is 13.5. The fraction of sp³-hybridized carbons (Fsp3) is 0.417. The molecule has 0 saturated heterocycles. The summed E-state index contributed by atoms with van der Waals surface area (Å²) in [6, 6.07) is 3.17. The molecule has 0 aliphatic rings. The molecular weight excluding hydrogens is 233 g/mol. The van der Waals surface area contributed by atoms with Crippen LogP contribution in [-0.4, -0.2) is 19.1 Å². The molecule has 2 nitrogen and oxygen atoms in total. The third-order valence-corrected chi connectivity index (χ3v) is 2.25. The largest absolute Gasteiger partial charge is 0.493 e. The third-order valence-electron chi connectivity index (χ3n) is 2.25. The molecule has 0 spiro atoms. The van der Waals surface area contributed by atoms with Gasteiger partial charge in [0.1, 0.15) is 12.0 Å². The summed E-state index contributed by atoms with van der Waals surface area (Å²) in [5, 5.41) is 0. The van der Waals surface area contributed by atoms with Crippen LogP contribution in [0.3, 0.4) is 0 Å². The van der Waals surface area contributed by atoms with Crippen LogP contribution in [0.4, 0.5) is 13.2 Å². The van der Waals surface area contributed by atoms with E-state index in [0.717, 1.165) is 0 Å². The fourth-order valence-electron chi connectivity index (χ4n) is 1.55. The van der Waals surface area contributed by atoms with Gasteiger partial charge in [0, 0.05) is 5.56 Å². The number of ether oxygens (including phenoxy) is 1. The van der Waals surface area contributed by atoms with Crippen molar-refractivity contribution >= 4 is 6.29 Å². The maximum absolute atomic E-state index is 12.0. The summed E-state index contributed by atoms with van der Waals surface area (Å²) >= 11 is 0. The van der Waals surface area contributed by atoms with E-state index < -0.39 is 19.2 Å². The number of carbonyl (C=O) groups is 1. The van der Waals surface area contributed by atoms with Crippen molar-refractivity contribution < 1.29 is 22.7 Å². The lowest BCUT2D eigenvalue weighted by molar-refractivity contribution is -0.139. The molecule has 0 heterocycles. The number of hydrogen-bond acceptors (Lipinski definition) is 2. The Morgan fingerprint density at radius 3 is 2.18 bits per heavy atom. The van der Waals surface area contributed by atoms with Crippen molar-refractivity contribution in [2.24, 2.45) is 0 Å². The van der Waals surface area contributed by atoms with E-state index in [9.17, 15) is 18.0 Å². The Bertz CT molecular complexity index is 388. The van der Waals surface area contributed by atoms with Gasteiger partial charge in [0.2, 0.25) is 0 Å². The second-order valence-electron chi connectivity index (χ2n) is 3.82. The van der Waals surface area contributed by atoms with E-state index in [-0.39, 0.29) is 0 Å². The molecule has 94 valence electrons. The van der Waals surface area contributed by atoms with Crippen molar-refractivity contribution in [3.05, 3.63) is 28.8 Å². The lowest BCUT2D eigenvalue weighted by Crippen LogP contribution is -2.13. The van der Waals surface area contributed by atoms with Gasteiger partial charge in [0.05, 0.1) is 13.0 Å². The van der Waals surface area contributed by atoms with E-state index in [1.165, 1.54) is 0 Å². The molecule has 0 saturated carbocycles. The minimum absolute atomic E-state index is 0.411. The number of hydrogen-bond donors (Lipinski definition) is 0. The maximum Gasteiger partial charge on any atom is 0.392 e. The molecule has 0 amide bonds. The highest BCUT2D eigenvalue weighted by Gasteiger charge is 2.27. The minimum atomic E-state index is -4.22. The van der Waals surface area contributed by atoms with Crippen molar-refractivity contribution in [1.29, 1.82) is 0 Å². The van der Waals surface area contributed by atoms with Gasteiger partial charge in [-0.15, -0.1) is 0 Å². The highest BCUT2D eigenvalue weighted by Crippen LogP contribution is 2.26. The summed E-state index contributed by atoms with van der Waals surface area (Å²) in [6.07, 6.45) is -4.51. The average molecular weight is 246 g/mol. The molecule has 1 aromatic carbocycles. The van der Waals surface area contributed by atoms with Gasteiger partial charge in [-0.1, -0.05) is 0 Å². The fourth-order valence-corrected chi connectivity index (χ4v) is 1.55. The molecule has 0 fully saturated rings. The van der Waals surface area contributed by atoms with E-state index in [4.69, 9.17) is 4.74 Å². The van der Waals surface area contributed by atoms with E-state index in [2.05, 4.69) is 0 Å². The van der Waals surface area contributed by atoms with Crippen molar-refractivity contribution in [2.45, 2.75) is 26.4 Å². The number of aryl methyl sites for hydroxylation is 2. The molecule has 1 aromatic rings. The predicted molar refractivity (Wildman–Crippen MR) is 57.5 cm³/mol. The predicted octanol–water partition coefficient (Wildman–Crippen LogP) is 3.45. The van der Waals surface area contributed by atoms with Crippen LogP contribution in [0.15, 0.2) is 12.1 Å². The lowest BCUT2D eigenvalue weighted by Gasteiger charge is -2.13. The smallest absolute Gasteiger partial charge is 0.392 e. The van der Waals surface area contributed by atoms with Gasteiger partial charge < -0.3 is 4.74 Å². The zero-order valence-corrected chi connectivity index (χ0v) is 9.60. The Morgan fingerprint density at radius 1 is 1.24 bits per heavy atom. The molecule has 0 radical (unpaired) electrons. The highest BCUT2D eigenvalue weighted by molar-refractivity contribution is 5.76. The second-order valence-corrected chi connectivity index (χ2v) is 3.82. The molecule has 0 aromatic heterocycles. The first-order valence-corrected chi connectivity index (χ1v) is 5.09. The van der Waals surface area contributed by atoms with Crippen LogP contribution in [-0.2, 0) is 0 Å². The molecule has 0 bridgehead atoms. The van der Waals surface area contributed by atoms with Crippen LogP contribution in [0.25, 0.3) is 0 Å². The van der Waals surface area contributed by atoms with Crippen LogP contribution >= 0.6 is 0 Å². The molecule has 0 N–H and O–H groups in total. The number of halogens is 3. The molecule has 1 rings (SSSR count). The number of aldehydes is 1. The monoisotopic (exact) mass is 246 g/mol. The van der Waals surface area contributed by atoms with Crippen LogP contribution in [0.2, 0.25) is 0 Å². The summed E-state index contributed by atoms with van der Waals surface area (Å²) in [5.41, 5.74) is 1.81. The Hall–Kier alpha value is -1.52. The second kappa shape index (κ2) is 5.21. The molecule has 0 aliphatic carbocycles. The summed E-state index contributed by atoms with van der Waals surface area (Å²) in [7, 11) is 0. The molecule has 0 atom stereocenters. The van der Waals surface area contributed by atoms with E-state index in [1.54, 1.807) is 26.0 Å². The van der Waals surface area contributed by atoms with Crippen molar-refractivity contribution in [1.82, 2.24) is 0 Å². The van der Waals surface area contributed by atoms with Gasteiger partial charge in [-0.3, -0.25) is 4.79 Å². The van der Waals surface area contributed by atoms with E-state index in [0.29, 0.717) is 28.7 Å². The number of rotatable bonds is 4. The normalized spacial score (nSPS) is 11.4. The quantitative estimate of drug-likeness (QED) is 0.760. The number of alkyl halides is 3. The Balaban J connectivity index is 2.75. The summed E-state index contributed by atoms with van der Waals surface area (Å²) in [6.45, 7) is 2.98. The molecule has 0 aliphatic heterocycles. The minimum Gasteiger partial charge on any atom is -0.493 e. The third kappa shape index (κ3) is 4.09. The molecule has 17 heavy (non-hydrogen) atoms. The summed E-state index contributed by atoms with van der Waals surface area (Å²) in [5.74, 6) is 0.417. The van der Waals surface area contributed by atoms with Gasteiger partial charge in [-0.25, -0.2) is 0 Å². The van der Waals surface area contributed by atoms with Gasteiger partial charge in [0.25, 0.3) is 0 Å². The molecular formula is C12H13F3O2. The van der Waals surface area contributed by atoms with E-state index in [1.807, 2.05) is 0 Å². The van der Waals surface area contributed by atoms with Crippen LogP contribution in [0.5, 0.6) is 5.75 Å². The van der Waals surface area contributed by atoms with Crippen LogP contribution < -0.4 is 4.74 Å². The lowest BCUT2D eigenvalue weighted by atomic mass is 10.1. The van der Waals surface area contributed by atoms with Gasteiger partial charge in [0.15, 0.2) is 0 Å². The van der Waals surface area contributed by atoms with E-state index >= 15 is 0 Å². The van der Waals surface area contributed by atoms with Gasteiger partial charge in [-0.2, -0.15) is 13.2 Å². The summed E-state index contributed by atoms with van der Waals surface area (Å²) in [4.78, 5) is 10.6. The highest BCUT2D eigenvalue weighted by atomic mass is 19.4. The first-order chi connectivity index (χ1) is 7.83. The van der Waals surface area contributed by atoms with Crippen molar-refractivity contribution in [2.75, 3.05) is 6.61 Å². The zero-order valence-electron chi connectivity index (χ0n) is 9.60. The van der Waals surface area contributed by atoms with Crippen LogP contribution in [0, 0.1) is 13.8 Å². The van der Waals surface area contributed by atoms with Crippen LogP contribution in [0.1, 0.15) is 27.9 Å². The zero-order chi connectivity index (χ0) is 13.1. The standard InChI is InChI=1S/C12H13F3O2/c1-8-5-10(7-16)6-9(2)11(8)17-4-3-12(13,14)15/h5-7H,3-4H2,1-2H3. The first-order valence-electron chi connectivity index (χ1n) is 5.09. The van der Waals surface area contributed by atoms with Gasteiger partial charge in [-0.05, 0) is 37.1 Å². The topological polar surface area (TPSA) is 26.3 Å². The number of benzene rings is 1. The average Bonchev–Trinajstić information content (AvgIpc) is 2.20. The SMILES string of the molecule is Cc1cc(C=O)cc(C)c1OCCC(F)(F)F. The van der Waals surface area contributed by atoms with Gasteiger partial charge >= 0.3 is 6.18 Å². The Labute approximate surface area is 97.4 Å². The number of carbonyl (C=O) groups excluding carboxylic acids is 1. The maximum atomic E-state index is 12.0. The molecule has 0 unspecified atom stereocenters. The van der Waals surface area contributed by atoms with Crippen molar-refractivity contribution in [3.8, 4) is 5.75 Å². The van der Waals surface area contributed by atoms with Crippen molar-refractivity contribution in [3.63, 3.8) is 0 Å². The Morgan fingerprint density at radius 2 is 1.76 bits per heavy atom.